The fourth-order valence-corrected chi connectivity index (χ4v) is 4.35. The number of rotatable bonds is 2. The standard InChI is InChI=1S/C17H22N2/c1-12-15(17(11-18)8-4-9-17)14-7-2-5-13-6-3-10-19(12)16(13)14/h2,5,7H,3-4,6,8-11,18H2,1H3. The summed E-state index contributed by atoms with van der Waals surface area (Å²) in [6, 6.07) is 6.86. The number of hydrogen-bond donors (Lipinski definition) is 1. The van der Waals surface area contributed by atoms with Crippen molar-refractivity contribution in [3.63, 3.8) is 0 Å². The van der Waals surface area contributed by atoms with Crippen LogP contribution in [0.2, 0.25) is 0 Å². The molecule has 1 aliphatic carbocycles. The maximum absolute atomic E-state index is 6.16. The molecule has 4 rings (SSSR count). The zero-order valence-electron chi connectivity index (χ0n) is 11.7. The van der Waals surface area contributed by atoms with Gasteiger partial charge in [-0.15, -0.1) is 0 Å². The summed E-state index contributed by atoms with van der Waals surface area (Å²) in [6.07, 6.45) is 6.39. The molecule has 1 aromatic carbocycles. The van der Waals surface area contributed by atoms with Gasteiger partial charge < -0.3 is 10.3 Å². The minimum atomic E-state index is 0.274. The van der Waals surface area contributed by atoms with Gasteiger partial charge in [-0.2, -0.15) is 0 Å². The molecular weight excluding hydrogens is 232 g/mol. The Hall–Kier alpha value is -1.28. The van der Waals surface area contributed by atoms with Gasteiger partial charge in [-0.1, -0.05) is 24.6 Å². The molecule has 0 bridgehead atoms. The van der Waals surface area contributed by atoms with Crippen molar-refractivity contribution in [2.45, 2.75) is 51.0 Å². The molecule has 1 fully saturated rings. The number of nitrogens with two attached hydrogens (primary N) is 1. The molecule has 2 aromatic rings. The molecule has 0 radical (unpaired) electrons. The van der Waals surface area contributed by atoms with Crippen LogP contribution in [0.25, 0.3) is 10.9 Å². The molecule has 1 saturated carbocycles. The van der Waals surface area contributed by atoms with Gasteiger partial charge >= 0.3 is 0 Å². The zero-order valence-corrected chi connectivity index (χ0v) is 11.7. The van der Waals surface area contributed by atoms with Crippen LogP contribution in [0.15, 0.2) is 18.2 Å². The molecule has 0 saturated heterocycles. The van der Waals surface area contributed by atoms with Crippen molar-refractivity contribution < 1.29 is 0 Å². The smallest absolute Gasteiger partial charge is 0.0518 e. The minimum Gasteiger partial charge on any atom is -0.344 e. The largest absolute Gasteiger partial charge is 0.344 e. The molecule has 0 atom stereocenters. The number of benzene rings is 1. The van der Waals surface area contributed by atoms with E-state index in [-0.39, 0.29) is 5.41 Å². The molecule has 1 aromatic heterocycles. The van der Waals surface area contributed by atoms with E-state index in [9.17, 15) is 0 Å². The summed E-state index contributed by atoms with van der Waals surface area (Å²) in [5.41, 5.74) is 12.5. The predicted octanol–water partition coefficient (Wildman–Crippen LogP) is 3.28. The maximum Gasteiger partial charge on any atom is 0.0518 e. The van der Waals surface area contributed by atoms with Crippen LogP contribution in [0.4, 0.5) is 0 Å². The van der Waals surface area contributed by atoms with Crippen LogP contribution < -0.4 is 5.73 Å². The van der Waals surface area contributed by atoms with Crippen LogP contribution in [-0.2, 0) is 18.4 Å². The third kappa shape index (κ3) is 1.35. The highest BCUT2D eigenvalue weighted by atomic mass is 15.0. The second-order valence-corrected chi connectivity index (χ2v) is 6.37. The van der Waals surface area contributed by atoms with E-state index in [1.54, 1.807) is 5.56 Å². The van der Waals surface area contributed by atoms with E-state index in [2.05, 4.69) is 29.7 Å². The van der Waals surface area contributed by atoms with Crippen molar-refractivity contribution in [3.05, 3.63) is 35.0 Å². The van der Waals surface area contributed by atoms with E-state index in [0.717, 1.165) is 6.54 Å². The van der Waals surface area contributed by atoms with Crippen LogP contribution >= 0.6 is 0 Å². The maximum atomic E-state index is 6.16. The molecule has 0 unspecified atom stereocenters. The van der Waals surface area contributed by atoms with Gasteiger partial charge in [-0.3, -0.25) is 0 Å². The number of aryl methyl sites for hydroxylation is 2. The quantitative estimate of drug-likeness (QED) is 0.876. The molecular formula is C17H22N2. The first-order chi connectivity index (χ1) is 9.27. The number of para-hydroxylation sites is 1. The van der Waals surface area contributed by atoms with Gasteiger partial charge in [-0.25, -0.2) is 0 Å². The lowest BCUT2D eigenvalue weighted by Crippen LogP contribution is -2.42. The minimum absolute atomic E-state index is 0.274. The van der Waals surface area contributed by atoms with Crippen molar-refractivity contribution in [1.82, 2.24) is 4.57 Å². The van der Waals surface area contributed by atoms with Gasteiger partial charge in [0.15, 0.2) is 0 Å². The first-order valence-electron chi connectivity index (χ1n) is 7.58. The third-order valence-electron chi connectivity index (χ3n) is 5.49. The highest BCUT2D eigenvalue weighted by molar-refractivity contribution is 5.90. The molecule has 2 aliphatic rings. The van der Waals surface area contributed by atoms with E-state index in [1.807, 2.05) is 0 Å². The summed E-state index contributed by atoms with van der Waals surface area (Å²) >= 11 is 0. The number of aromatic nitrogens is 1. The summed E-state index contributed by atoms with van der Waals surface area (Å²) < 4.78 is 2.55. The van der Waals surface area contributed by atoms with Gasteiger partial charge in [-0.05, 0) is 43.7 Å². The molecule has 0 amide bonds. The van der Waals surface area contributed by atoms with Crippen LogP contribution in [0, 0.1) is 6.92 Å². The topological polar surface area (TPSA) is 30.9 Å². The lowest BCUT2D eigenvalue weighted by Gasteiger charge is -2.42. The Labute approximate surface area is 114 Å². The van der Waals surface area contributed by atoms with Crippen LogP contribution in [0.1, 0.15) is 42.5 Å². The fourth-order valence-electron chi connectivity index (χ4n) is 4.35. The third-order valence-corrected chi connectivity index (χ3v) is 5.49. The Bertz CT molecular complexity index is 641. The van der Waals surface area contributed by atoms with E-state index in [1.165, 1.54) is 60.8 Å². The van der Waals surface area contributed by atoms with Crippen molar-refractivity contribution >= 4 is 10.9 Å². The Morgan fingerprint density at radius 1 is 1.26 bits per heavy atom. The average molecular weight is 254 g/mol. The van der Waals surface area contributed by atoms with E-state index in [0.29, 0.717) is 0 Å². The SMILES string of the molecule is Cc1c(C2(CN)CCC2)c2cccc3c2n1CCC3. The Balaban J connectivity index is 2.07. The molecule has 2 N–H and O–H groups in total. The first kappa shape index (κ1) is 11.5. The lowest BCUT2D eigenvalue weighted by atomic mass is 9.63. The summed E-state index contributed by atoms with van der Waals surface area (Å²) in [7, 11) is 0. The van der Waals surface area contributed by atoms with Crippen molar-refractivity contribution in [2.24, 2.45) is 5.73 Å². The van der Waals surface area contributed by atoms with Gasteiger partial charge in [0.25, 0.3) is 0 Å². The average Bonchev–Trinajstić information content (AvgIpc) is 2.67. The Morgan fingerprint density at radius 3 is 2.79 bits per heavy atom. The van der Waals surface area contributed by atoms with Crippen LogP contribution in [0.3, 0.4) is 0 Å². The summed E-state index contributed by atoms with van der Waals surface area (Å²) in [5, 5.41) is 1.49. The van der Waals surface area contributed by atoms with Crippen molar-refractivity contribution in [3.8, 4) is 0 Å². The fraction of sp³-hybridized carbons (Fsp3) is 0.529. The van der Waals surface area contributed by atoms with Crippen molar-refractivity contribution in [1.29, 1.82) is 0 Å². The van der Waals surface area contributed by atoms with Gasteiger partial charge in [0.05, 0.1) is 5.52 Å². The molecule has 100 valence electrons. The lowest BCUT2D eigenvalue weighted by molar-refractivity contribution is 0.253. The molecule has 19 heavy (non-hydrogen) atoms. The molecule has 2 heterocycles. The highest BCUT2D eigenvalue weighted by Gasteiger charge is 2.41. The second-order valence-electron chi connectivity index (χ2n) is 6.37. The van der Waals surface area contributed by atoms with E-state index >= 15 is 0 Å². The van der Waals surface area contributed by atoms with Crippen LogP contribution in [-0.4, -0.2) is 11.1 Å². The Morgan fingerprint density at radius 2 is 2.11 bits per heavy atom. The molecule has 0 spiro atoms. The zero-order chi connectivity index (χ0) is 13.0. The summed E-state index contributed by atoms with van der Waals surface area (Å²) in [5.74, 6) is 0. The van der Waals surface area contributed by atoms with Gasteiger partial charge in [0, 0.05) is 29.6 Å². The normalized spacial score (nSPS) is 20.5. The van der Waals surface area contributed by atoms with Gasteiger partial charge in [0.1, 0.15) is 0 Å². The van der Waals surface area contributed by atoms with Crippen LogP contribution in [0.5, 0.6) is 0 Å². The van der Waals surface area contributed by atoms with Gasteiger partial charge in [0.2, 0.25) is 0 Å². The second kappa shape index (κ2) is 3.86. The monoisotopic (exact) mass is 254 g/mol. The number of nitrogens with zero attached hydrogens (tertiary/aromatic N) is 1. The molecule has 1 aliphatic heterocycles. The van der Waals surface area contributed by atoms with Crippen molar-refractivity contribution in [2.75, 3.05) is 6.54 Å². The van der Waals surface area contributed by atoms with E-state index in [4.69, 9.17) is 5.73 Å². The molecule has 2 nitrogen and oxygen atoms in total. The highest BCUT2D eigenvalue weighted by Crippen LogP contribution is 2.48. The number of hydrogen-bond acceptors (Lipinski definition) is 1. The molecule has 2 heteroatoms. The predicted molar refractivity (Wildman–Crippen MR) is 79.6 cm³/mol. The Kier molecular flexibility index (Phi) is 2.34. The summed E-state index contributed by atoms with van der Waals surface area (Å²) in [6.45, 7) is 4.29. The summed E-state index contributed by atoms with van der Waals surface area (Å²) in [4.78, 5) is 0. The van der Waals surface area contributed by atoms with E-state index < -0.39 is 0 Å². The first-order valence-corrected chi connectivity index (χ1v) is 7.58.